The zero-order valence-corrected chi connectivity index (χ0v) is 20.9. The number of carbonyl (C=O) groups is 1. The van der Waals surface area contributed by atoms with Gasteiger partial charge in [-0.1, -0.05) is 23.2 Å². The molecule has 0 saturated carbocycles. The zero-order valence-electron chi connectivity index (χ0n) is 17.8. The monoisotopic (exact) mass is 516 g/mol. The fraction of sp³-hybridized carbons (Fsp3) is 0.500. The maximum atomic E-state index is 13.0. The van der Waals surface area contributed by atoms with E-state index < -0.39 is 10.8 Å². The normalized spacial score (nSPS) is 21.5. The number of likely N-dealkylation sites (tertiary alicyclic amines) is 1. The van der Waals surface area contributed by atoms with Crippen molar-refractivity contribution in [3.8, 4) is 5.75 Å². The molecule has 0 aliphatic carbocycles. The molecule has 2 saturated heterocycles. The van der Waals surface area contributed by atoms with Crippen molar-refractivity contribution >= 4 is 51.2 Å². The molecule has 2 fully saturated rings. The van der Waals surface area contributed by atoms with Crippen LogP contribution in [0.4, 0.5) is 0 Å². The molecule has 2 atom stereocenters. The van der Waals surface area contributed by atoms with Crippen LogP contribution in [0.2, 0.25) is 10.0 Å². The Hall–Kier alpha value is -1.16. The van der Waals surface area contributed by atoms with Crippen LogP contribution in [0.3, 0.4) is 0 Å². The van der Waals surface area contributed by atoms with Gasteiger partial charge in [-0.25, -0.2) is 0 Å². The summed E-state index contributed by atoms with van der Waals surface area (Å²) < 4.78 is 24.6. The maximum Gasteiger partial charge on any atom is 0.256 e. The van der Waals surface area contributed by atoms with Gasteiger partial charge in [0.25, 0.3) is 5.91 Å². The van der Waals surface area contributed by atoms with E-state index >= 15 is 0 Å². The number of nitrogens with zero attached hydrogens (tertiary/aromatic N) is 2. The second kappa shape index (κ2) is 10.8. The molecular weight excluding hydrogens is 491 g/mol. The van der Waals surface area contributed by atoms with Crippen molar-refractivity contribution in [3.63, 3.8) is 0 Å². The van der Waals surface area contributed by atoms with E-state index in [0.717, 1.165) is 38.2 Å². The predicted molar refractivity (Wildman–Crippen MR) is 129 cm³/mol. The van der Waals surface area contributed by atoms with Gasteiger partial charge in [0.05, 0.1) is 39.1 Å². The Balaban J connectivity index is 1.27. The minimum atomic E-state index is -1.16. The lowest BCUT2D eigenvalue weighted by Crippen LogP contribution is -2.51. The number of amides is 1. The van der Waals surface area contributed by atoms with Gasteiger partial charge in [-0.05, 0) is 36.4 Å². The summed E-state index contributed by atoms with van der Waals surface area (Å²) in [7, 11) is -1.16. The van der Waals surface area contributed by atoms with Crippen molar-refractivity contribution < 1.29 is 18.5 Å². The van der Waals surface area contributed by atoms with E-state index in [1.807, 2.05) is 16.3 Å². The van der Waals surface area contributed by atoms with Gasteiger partial charge in [-0.2, -0.15) is 0 Å². The fourth-order valence-corrected chi connectivity index (χ4v) is 6.17. The summed E-state index contributed by atoms with van der Waals surface area (Å²) in [6, 6.07) is 7.12. The van der Waals surface area contributed by atoms with Crippen molar-refractivity contribution in [2.24, 2.45) is 0 Å². The first-order valence-electron chi connectivity index (χ1n) is 10.6. The first-order valence-corrected chi connectivity index (χ1v) is 13.8. The van der Waals surface area contributed by atoms with Gasteiger partial charge in [0.15, 0.2) is 0 Å². The van der Waals surface area contributed by atoms with E-state index in [4.69, 9.17) is 32.7 Å². The molecule has 0 N–H and O–H groups in total. The Morgan fingerprint density at radius 1 is 1.22 bits per heavy atom. The molecule has 4 rings (SSSR count). The Kier molecular flexibility index (Phi) is 8.13. The molecule has 0 radical (unpaired) electrons. The third kappa shape index (κ3) is 5.85. The summed E-state index contributed by atoms with van der Waals surface area (Å²) in [4.78, 5) is 17.2. The molecule has 1 aromatic heterocycles. The van der Waals surface area contributed by atoms with Crippen LogP contribution in [0, 0.1) is 0 Å². The first-order chi connectivity index (χ1) is 15.4. The smallest absolute Gasteiger partial charge is 0.256 e. The second-order valence-electron chi connectivity index (χ2n) is 8.01. The molecule has 2 aliphatic heterocycles. The van der Waals surface area contributed by atoms with E-state index in [1.54, 1.807) is 24.5 Å². The second-order valence-corrected chi connectivity index (χ2v) is 11.3. The summed E-state index contributed by atoms with van der Waals surface area (Å²) in [6.07, 6.45) is 3.54. The van der Waals surface area contributed by atoms with Crippen LogP contribution in [0.15, 0.2) is 33.9 Å². The van der Waals surface area contributed by atoms with E-state index in [0.29, 0.717) is 39.5 Å². The van der Waals surface area contributed by atoms with Crippen LogP contribution < -0.4 is 4.74 Å². The lowest BCUT2D eigenvalue weighted by molar-refractivity contribution is -0.0414. The van der Waals surface area contributed by atoms with Crippen molar-refractivity contribution in [2.45, 2.75) is 29.3 Å². The summed E-state index contributed by atoms with van der Waals surface area (Å²) in [5.41, 5.74) is 0.553. The van der Waals surface area contributed by atoms with Crippen molar-refractivity contribution in [1.82, 2.24) is 9.80 Å². The largest absolute Gasteiger partial charge is 0.490 e. The third-order valence-corrected chi connectivity index (χ3v) is 8.92. The fourth-order valence-electron chi connectivity index (χ4n) is 4.10. The Morgan fingerprint density at radius 2 is 2.00 bits per heavy atom. The standard InChI is InChI=1S/C22H26Cl2N2O4S2/c1-32(28)22-18(6-11-31-22)21(27)26-9-10-29-17(14-26)13-25-7-4-15(5-8-25)30-16-2-3-19(23)20(24)12-16/h2-3,6,11-12,15,17H,4-5,7-10,13-14H2,1H3. The summed E-state index contributed by atoms with van der Waals surface area (Å²) in [5, 5.41) is 2.84. The quantitative estimate of drug-likeness (QED) is 0.576. The van der Waals surface area contributed by atoms with Gasteiger partial charge in [0, 0.05) is 45.0 Å². The Morgan fingerprint density at radius 3 is 2.72 bits per heavy atom. The lowest BCUT2D eigenvalue weighted by atomic mass is 10.1. The number of piperidine rings is 1. The third-order valence-electron chi connectivity index (χ3n) is 5.74. The van der Waals surface area contributed by atoms with Crippen LogP contribution >= 0.6 is 34.5 Å². The van der Waals surface area contributed by atoms with Gasteiger partial charge in [-0.3, -0.25) is 9.00 Å². The van der Waals surface area contributed by atoms with Crippen LogP contribution in [-0.2, 0) is 15.5 Å². The highest BCUT2D eigenvalue weighted by Crippen LogP contribution is 2.28. The van der Waals surface area contributed by atoms with E-state index in [1.165, 1.54) is 11.3 Å². The van der Waals surface area contributed by atoms with Gasteiger partial charge in [-0.15, -0.1) is 11.3 Å². The van der Waals surface area contributed by atoms with Crippen LogP contribution in [-0.4, -0.2) is 77.7 Å². The van der Waals surface area contributed by atoms with E-state index in [9.17, 15) is 9.00 Å². The molecule has 2 aromatic rings. The number of rotatable bonds is 6. The highest BCUT2D eigenvalue weighted by molar-refractivity contribution is 7.86. The molecule has 0 spiro atoms. The SMILES string of the molecule is CS(=O)c1sccc1C(=O)N1CCOC(CN2CCC(Oc3ccc(Cl)c(Cl)c3)CC2)C1. The number of halogens is 2. The molecule has 1 amide bonds. The van der Waals surface area contributed by atoms with Crippen molar-refractivity contribution in [2.75, 3.05) is 45.6 Å². The number of benzene rings is 1. The highest BCUT2D eigenvalue weighted by atomic mass is 35.5. The maximum absolute atomic E-state index is 13.0. The van der Waals surface area contributed by atoms with Crippen LogP contribution in [0.1, 0.15) is 23.2 Å². The molecule has 3 heterocycles. The van der Waals surface area contributed by atoms with Crippen molar-refractivity contribution in [1.29, 1.82) is 0 Å². The minimum absolute atomic E-state index is 0.0329. The van der Waals surface area contributed by atoms with Gasteiger partial charge in [0.2, 0.25) is 0 Å². The topological polar surface area (TPSA) is 59.1 Å². The van der Waals surface area contributed by atoms with E-state index in [2.05, 4.69) is 4.90 Å². The lowest BCUT2D eigenvalue weighted by Gasteiger charge is -2.38. The van der Waals surface area contributed by atoms with Gasteiger partial charge in [0.1, 0.15) is 16.1 Å². The van der Waals surface area contributed by atoms with Gasteiger partial charge < -0.3 is 19.3 Å². The molecule has 2 aliphatic rings. The average molecular weight is 518 g/mol. The molecule has 2 unspecified atom stereocenters. The number of ether oxygens (including phenoxy) is 2. The molecule has 10 heteroatoms. The number of carbonyl (C=O) groups excluding carboxylic acids is 1. The number of thiophene rings is 1. The van der Waals surface area contributed by atoms with Crippen LogP contribution in [0.5, 0.6) is 5.75 Å². The molecule has 6 nitrogen and oxygen atoms in total. The molecule has 1 aromatic carbocycles. The number of morpholine rings is 1. The molecule has 174 valence electrons. The highest BCUT2D eigenvalue weighted by Gasteiger charge is 2.30. The number of hydrogen-bond donors (Lipinski definition) is 0. The Labute approximate surface area is 204 Å². The van der Waals surface area contributed by atoms with Crippen molar-refractivity contribution in [3.05, 3.63) is 45.3 Å². The minimum Gasteiger partial charge on any atom is -0.490 e. The predicted octanol–water partition coefficient (Wildman–Crippen LogP) is 4.18. The average Bonchev–Trinajstić information content (AvgIpc) is 3.28. The molecule has 0 bridgehead atoms. The molecular formula is C22H26Cl2N2O4S2. The number of hydrogen-bond acceptors (Lipinski definition) is 6. The first kappa shape index (κ1) is 24.0. The summed E-state index contributed by atoms with van der Waals surface area (Å²) >= 11 is 13.4. The molecule has 32 heavy (non-hydrogen) atoms. The van der Waals surface area contributed by atoms with Crippen LogP contribution in [0.25, 0.3) is 0 Å². The van der Waals surface area contributed by atoms with E-state index in [-0.39, 0.29) is 18.1 Å². The Bertz CT molecular complexity index is 979. The zero-order chi connectivity index (χ0) is 22.7. The summed E-state index contributed by atoms with van der Waals surface area (Å²) in [6.45, 7) is 4.21. The summed E-state index contributed by atoms with van der Waals surface area (Å²) in [5.74, 6) is 0.682. The van der Waals surface area contributed by atoms with Gasteiger partial charge >= 0.3 is 0 Å².